The molecule has 1 rings (SSSR count). The molecule has 1 atom stereocenters. The van der Waals surface area contributed by atoms with E-state index in [-0.39, 0.29) is 5.69 Å². The molecule has 114 valence electrons. The predicted octanol–water partition coefficient (Wildman–Crippen LogP) is 2.33. The molecule has 1 aromatic carbocycles. The van der Waals surface area contributed by atoms with Gasteiger partial charge in [-0.05, 0) is 47.8 Å². The molecule has 0 aliphatic carbocycles. The highest BCUT2D eigenvalue weighted by molar-refractivity contribution is 8.07. The maximum Gasteiger partial charge on any atom is 0.352 e. The fraction of sp³-hybridized carbons (Fsp3) is 0.400. The molecule has 0 N–H and O–H groups in total. The van der Waals surface area contributed by atoms with Gasteiger partial charge in [-0.3, -0.25) is 0 Å². The van der Waals surface area contributed by atoms with E-state index in [0.29, 0.717) is 9.27 Å². The molecule has 1 aromatic rings. The number of halogens is 3. The molecule has 0 aliphatic rings. The average Bonchev–Trinajstić information content (AvgIpc) is 2.27. The van der Waals surface area contributed by atoms with E-state index in [1.54, 1.807) is 19.1 Å². The van der Waals surface area contributed by atoms with Gasteiger partial charge in [0.2, 0.25) is 11.0 Å². The van der Waals surface area contributed by atoms with Crippen molar-refractivity contribution in [3.8, 4) is 0 Å². The summed E-state index contributed by atoms with van der Waals surface area (Å²) in [7, 11) is -4.65. The standard InChI is InChI=1S/C10H13Cl2FN2O3S2/c1-8-5-4-6-9(7-8)15(19(16)10(11,12)13)20(17,18)14(2)3/h4-7H,1-3H3. The van der Waals surface area contributed by atoms with E-state index in [9.17, 15) is 17.0 Å². The van der Waals surface area contributed by atoms with Gasteiger partial charge >= 0.3 is 14.1 Å². The number of alkyl halides is 3. The Morgan fingerprint density at radius 2 is 1.85 bits per heavy atom. The first-order chi connectivity index (χ1) is 8.98. The van der Waals surface area contributed by atoms with Crippen molar-refractivity contribution in [1.29, 1.82) is 0 Å². The number of hydrogen-bond donors (Lipinski definition) is 0. The van der Waals surface area contributed by atoms with Crippen LogP contribution in [-0.2, 0) is 21.2 Å². The zero-order chi connectivity index (χ0) is 15.7. The molecule has 0 saturated carbocycles. The van der Waals surface area contributed by atoms with Crippen molar-refractivity contribution in [3.63, 3.8) is 0 Å². The van der Waals surface area contributed by atoms with Crippen LogP contribution in [0.1, 0.15) is 5.56 Å². The van der Waals surface area contributed by atoms with Gasteiger partial charge in [0, 0.05) is 14.1 Å². The van der Waals surface area contributed by atoms with Crippen molar-refractivity contribution in [2.75, 3.05) is 17.8 Å². The van der Waals surface area contributed by atoms with Gasteiger partial charge < -0.3 is 0 Å². The molecule has 5 nitrogen and oxygen atoms in total. The normalized spacial score (nSPS) is 14.3. The summed E-state index contributed by atoms with van der Waals surface area (Å²) in [4.78, 5) is 0. The van der Waals surface area contributed by atoms with Gasteiger partial charge in [-0.1, -0.05) is 12.1 Å². The third-order valence-electron chi connectivity index (χ3n) is 2.23. The van der Waals surface area contributed by atoms with Gasteiger partial charge in [-0.25, -0.2) is 4.21 Å². The van der Waals surface area contributed by atoms with Crippen molar-refractivity contribution in [3.05, 3.63) is 29.8 Å². The summed E-state index contributed by atoms with van der Waals surface area (Å²) >= 11 is 10.3. The van der Waals surface area contributed by atoms with E-state index in [4.69, 9.17) is 23.2 Å². The van der Waals surface area contributed by atoms with Crippen LogP contribution < -0.4 is 3.71 Å². The number of aryl methyl sites for hydroxylation is 1. The Bertz CT molecular complexity index is 617. The van der Waals surface area contributed by atoms with Crippen LogP contribution in [0.15, 0.2) is 24.3 Å². The molecule has 10 heteroatoms. The summed E-state index contributed by atoms with van der Waals surface area (Å²) in [6.07, 6.45) is 0. The lowest BCUT2D eigenvalue weighted by molar-refractivity contribution is 0.494. The second-order valence-electron chi connectivity index (χ2n) is 4.05. The van der Waals surface area contributed by atoms with Crippen LogP contribution in [0.25, 0.3) is 0 Å². The molecular weight excluding hydrogens is 350 g/mol. The molecule has 1 unspecified atom stereocenters. The molecule has 0 fully saturated rings. The lowest BCUT2D eigenvalue weighted by Gasteiger charge is -2.27. The predicted molar refractivity (Wildman–Crippen MR) is 80.0 cm³/mol. The SMILES string of the molecule is Cc1cccc(N(S(=O)C(F)(Cl)Cl)S(=O)(=O)N(C)C)c1. The van der Waals surface area contributed by atoms with Crippen LogP contribution in [0.3, 0.4) is 0 Å². The number of rotatable bonds is 5. The van der Waals surface area contributed by atoms with Gasteiger partial charge in [0.05, 0.1) is 5.69 Å². The van der Waals surface area contributed by atoms with E-state index in [0.717, 1.165) is 4.31 Å². The fourth-order valence-corrected chi connectivity index (χ4v) is 4.52. The van der Waals surface area contributed by atoms with Crippen molar-refractivity contribution in [2.24, 2.45) is 0 Å². The molecule has 0 saturated heterocycles. The number of benzene rings is 1. The minimum absolute atomic E-state index is 0.000332. The average molecular weight is 363 g/mol. The zero-order valence-electron chi connectivity index (χ0n) is 10.9. The summed E-state index contributed by atoms with van der Waals surface area (Å²) in [6.45, 7) is 1.71. The second-order valence-corrected chi connectivity index (χ2v) is 9.38. The summed E-state index contributed by atoms with van der Waals surface area (Å²) in [5.41, 5.74) is 0.701. The minimum Gasteiger partial charge on any atom is -0.229 e. The van der Waals surface area contributed by atoms with Gasteiger partial charge in [0.1, 0.15) is 0 Å². The smallest absolute Gasteiger partial charge is 0.229 e. The molecule has 0 amide bonds. The highest BCUT2D eigenvalue weighted by Gasteiger charge is 2.43. The number of hydrogen-bond acceptors (Lipinski definition) is 3. The van der Waals surface area contributed by atoms with E-state index in [1.807, 2.05) is 0 Å². The summed E-state index contributed by atoms with van der Waals surface area (Å²) in [5, 5.41) is 0. The Balaban J connectivity index is 3.48. The number of nitrogens with zero attached hydrogens (tertiary/aromatic N) is 2. The van der Waals surface area contributed by atoms with E-state index in [2.05, 4.69) is 0 Å². The molecule has 0 heterocycles. The van der Waals surface area contributed by atoms with Gasteiger partial charge in [-0.15, -0.1) is 0 Å². The maximum atomic E-state index is 13.5. The van der Waals surface area contributed by atoms with Crippen LogP contribution in [0.5, 0.6) is 0 Å². The topological polar surface area (TPSA) is 57.7 Å². The minimum atomic E-state index is -4.23. The molecule has 0 aliphatic heterocycles. The summed E-state index contributed by atoms with van der Waals surface area (Å²) < 4.78 is 47.8. The van der Waals surface area contributed by atoms with Crippen LogP contribution >= 0.6 is 23.2 Å². The Kier molecular flexibility index (Phi) is 5.42. The van der Waals surface area contributed by atoms with E-state index < -0.39 is 25.1 Å². The second kappa shape index (κ2) is 6.15. The van der Waals surface area contributed by atoms with E-state index >= 15 is 0 Å². The Morgan fingerprint density at radius 3 is 2.25 bits per heavy atom. The fourth-order valence-electron chi connectivity index (χ4n) is 1.30. The highest BCUT2D eigenvalue weighted by Crippen LogP contribution is 2.34. The van der Waals surface area contributed by atoms with Gasteiger partial charge in [0.25, 0.3) is 0 Å². The van der Waals surface area contributed by atoms with Crippen molar-refractivity contribution in [2.45, 2.75) is 10.8 Å². The molecule has 0 bridgehead atoms. The molecule has 20 heavy (non-hydrogen) atoms. The maximum absolute atomic E-state index is 13.5. The Hall–Kier alpha value is -0.410. The monoisotopic (exact) mass is 362 g/mol. The van der Waals surface area contributed by atoms with Crippen LogP contribution in [-0.4, -0.2) is 34.9 Å². The lowest BCUT2D eigenvalue weighted by atomic mass is 10.2. The third-order valence-corrected chi connectivity index (χ3v) is 6.46. The third kappa shape index (κ3) is 3.82. The number of anilines is 1. The highest BCUT2D eigenvalue weighted by atomic mass is 35.5. The van der Waals surface area contributed by atoms with Crippen molar-refractivity contribution in [1.82, 2.24) is 4.31 Å². The first-order valence-electron chi connectivity index (χ1n) is 5.26. The van der Waals surface area contributed by atoms with Gasteiger partial charge in [0.15, 0.2) is 0 Å². The van der Waals surface area contributed by atoms with Crippen LogP contribution in [0.2, 0.25) is 0 Å². The molecular formula is C10H13Cl2FN2O3S2. The van der Waals surface area contributed by atoms with E-state index in [1.165, 1.54) is 26.2 Å². The summed E-state index contributed by atoms with van der Waals surface area (Å²) in [5.74, 6) is 0. The molecule has 0 spiro atoms. The Labute approximate surface area is 130 Å². The van der Waals surface area contributed by atoms with Crippen molar-refractivity contribution >= 4 is 50.1 Å². The van der Waals surface area contributed by atoms with Crippen LogP contribution in [0, 0.1) is 6.92 Å². The summed E-state index contributed by atoms with van der Waals surface area (Å²) in [6, 6.07) is 6.04. The zero-order valence-corrected chi connectivity index (χ0v) is 14.0. The van der Waals surface area contributed by atoms with Crippen LogP contribution in [0.4, 0.5) is 10.1 Å². The lowest BCUT2D eigenvalue weighted by Crippen LogP contribution is -2.45. The first-order valence-corrected chi connectivity index (χ1v) is 8.52. The Morgan fingerprint density at radius 1 is 1.30 bits per heavy atom. The quantitative estimate of drug-likeness (QED) is 0.755. The van der Waals surface area contributed by atoms with Crippen molar-refractivity contribution < 1.29 is 17.0 Å². The molecule has 0 radical (unpaired) electrons. The largest absolute Gasteiger partial charge is 0.352 e. The van der Waals surface area contributed by atoms with Gasteiger partial charge in [-0.2, -0.15) is 20.8 Å². The first kappa shape index (κ1) is 17.6. The molecule has 0 aromatic heterocycles.